The third-order valence-corrected chi connectivity index (χ3v) is 3.72. The Labute approximate surface area is 130 Å². The van der Waals surface area contributed by atoms with Gasteiger partial charge in [0.15, 0.2) is 11.5 Å². The Morgan fingerprint density at radius 1 is 1.05 bits per heavy atom. The van der Waals surface area contributed by atoms with Crippen molar-refractivity contribution in [3.63, 3.8) is 0 Å². The second-order valence-corrected chi connectivity index (χ2v) is 5.35. The van der Waals surface area contributed by atoms with Gasteiger partial charge in [-0.25, -0.2) is 0 Å². The summed E-state index contributed by atoms with van der Waals surface area (Å²) in [7, 11) is 0. The van der Waals surface area contributed by atoms with Crippen molar-refractivity contribution in [1.29, 1.82) is 0 Å². The van der Waals surface area contributed by atoms with E-state index < -0.39 is 0 Å². The summed E-state index contributed by atoms with van der Waals surface area (Å²) in [5.74, 6) is 2.38. The molecular weight excluding hydrogens is 262 g/mol. The summed E-state index contributed by atoms with van der Waals surface area (Å²) < 4.78 is 11.9. The molecule has 0 saturated heterocycles. The average Bonchev–Trinajstić information content (AvgIpc) is 2.50. The molecule has 3 heteroatoms. The van der Waals surface area contributed by atoms with Crippen molar-refractivity contribution in [1.82, 2.24) is 5.32 Å². The van der Waals surface area contributed by atoms with Crippen LogP contribution in [0.4, 0.5) is 0 Å². The highest BCUT2D eigenvalue weighted by atomic mass is 16.5. The lowest BCUT2D eigenvalue weighted by Gasteiger charge is -2.19. The van der Waals surface area contributed by atoms with Crippen molar-refractivity contribution in [2.24, 2.45) is 5.92 Å². The number of hydrogen-bond donors (Lipinski definition) is 1. The minimum absolute atomic E-state index is 0.608. The van der Waals surface area contributed by atoms with Gasteiger partial charge in [0.1, 0.15) is 0 Å². The van der Waals surface area contributed by atoms with Gasteiger partial charge in [0.25, 0.3) is 0 Å². The molecule has 1 aromatic carbocycles. The molecule has 0 unspecified atom stereocenters. The third kappa shape index (κ3) is 5.96. The number of para-hydroxylation sites is 1. The molecule has 0 radical (unpaired) electrons. The first-order valence-corrected chi connectivity index (χ1v) is 8.34. The van der Waals surface area contributed by atoms with Crippen LogP contribution < -0.4 is 14.8 Å². The Hall–Kier alpha value is -1.22. The zero-order valence-corrected chi connectivity index (χ0v) is 14.1. The van der Waals surface area contributed by atoms with Crippen LogP contribution in [-0.4, -0.2) is 19.8 Å². The van der Waals surface area contributed by atoms with Gasteiger partial charge in [-0.05, 0) is 31.9 Å². The van der Waals surface area contributed by atoms with Crippen LogP contribution in [0.15, 0.2) is 18.2 Å². The molecule has 0 aliphatic heterocycles. The van der Waals surface area contributed by atoms with Crippen LogP contribution in [0, 0.1) is 5.92 Å². The van der Waals surface area contributed by atoms with Crippen molar-refractivity contribution >= 4 is 0 Å². The summed E-state index contributed by atoms with van der Waals surface area (Å²) in [4.78, 5) is 0. The van der Waals surface area contributed by atoms with Gasteiger partial charge in [0, 0.05) is 12.1 Å². The van der Waals surface area contributed by atoms with E-state index in [9.17, 15) is 0 Å². The smallest absolute Gasteiger partial charge is 0.165 e. The molecule has 0 heterocycles. The highest BCUT2D eigenvalue weighted by Crippen LogP contribution is 2.32. The fourth-order valence-electron chi connectivity index (χ4n) is 2.26. The summed E-state index contributed by atoms with van der Waals surface area (Å²) in [6.45, 7) is 11.9. The number of hydrogen-bond acceptors (Lipinski definition) is 3. The number of benzene rings is 1. The van der Waals surface area contributed by atoms with Crippen molar-refractivity contribution in [2.45, 2.75) is 53.5 Å². The van der Waals surface area contributed by atoms with Crippen LogP contribution >= 0.6 is 0 Å². The molecule has 21 heavy (non-hydrogen) atoms. The number of rotatable bonds is 11. The first-order chi connectivity index (χ1) is 10.3. The minimum Gasteiger partial charge on any atom is -0.490 e. The second kappa shape index (κ2) is 10.5. The third-order valence-electron chi connectivity index (χ3n) is 3.72. The summed E-state index contributed by atoms with van der Waals surface area (Å²) in [5.41, 5.74) is 1.18. The molecule has 0 aromatic heterocycles. The van der Waals surface area contributed by atoms with E-state index in [2.05, 4.69) is 32.2 Å². The van der Waals surface area contributed by atoms with E-state index in [0.29, 0.717) is 12.5 Å². The minimum atomic E-state index is 0.608. The predicted octanol–water partition coefficient (Wildman–Crippen LogP) is 4.40. The largest absolute Gasteiger partial charge is 0.490 e. The van der Waals surface area contributed by atoms with E-state index in [4.69, 9.17) is 9.47 Å². The van der Waals surface area contributed by atoms with Gasteiger partial charge in [-0.2, -0.15) is 0 Å². The van der Waals surface area contributed by atoms with Crippen molar-refractivity contribution in [3.05, 3.63) is 23.8 Å². The van der Waals surface area contributed by atoms with E-state index in [0.717, 1.165) is 50.5 Å². The maximum Gasteiger partial charge on any atom is 0.165 e. The number of nitrogens with one attached hydrogen (secondary N) is 1. The molecule has 0 spiro atoms. The highest BCUT2D eigenvalue weighted by Gasteiger charge is 2.13. The Morgan fingerprint density at radius 2 is 1.81 bits per heavy atom. The molecular formula is C18H31NO2. The van der Waals surface area contributed by atoms with Gasteiger partial charge >= 0.3 is 0 Å². The van der Waals surface area contributed by atoms with Gasteiger partial charge in [-0.1, -0.05) is 45.7 Å². The average molecular weight is 293 g/mol. The Bertz CT molecular complexity index is 389. The maximum absolute atomic E-state index is 6.13. The van der Waals surface area contributed by atoms with Gasteiger partial charge < -0.3 is 14.8 Å². The second-order valence-electron chi connectivity index (χ2n) is 5.35. The monoisotopic (exact) mass is 293 g/mol. The maximum atomic E-state index is 6.13. The molecule has 0 bridgehead atoms. The first-order valence-electron chi connectivity index (χ1n) is 8.34. The highest BCUT2D eigenvalue weighted by molar-refractivity contribution is 5.46. The molecule has 0 saturated carbocycles. The van der Waals surface area contributed by atoms with Crippen LogP contribution in [0.2, 0.25) is 0 Å². The fraction of sp³-hybridized carbons (Fsp3) is 0.667. The molecule has 0 atom stereocenters. The van der Waals surface area contributed by atoms with E-state index in [1.54, 1.807) is 0 Å². The van der Waals surface area contributed by atoms with E-state index in [-0.39, 0.29) is 0 Å². The van der Waals surface area contributed by atoms with Crippen LogP contribution in [0.25, 0.3) is 0 Å². The Morgan fingerprint density at radius 3 is 2.43 bits per heavy atom. The van der Waals surface area contributed by atoms with Gasteiger partial charge in [-0.15, -0.1) is 0 Å². The van der Waals surface area contributed by atoms with Crippen LogP contribution in [0.1, 0.15) is 52.5 Å². The molecule has 0 amide bonds. The molecule has 3 nitrogen and oxygen atoms in total. The van der Waals surface area contributed by atoms with E-state index in [1.165, 1.54) is 5.56 Å². The quantitative estimate of drug-likeness (QED) is 0.613. The topological polar surface area (TPSA) is 30.5 Å². The molecule has 1 N–H and O–H groups in total. The zero-order chi connectivity index (χ0) is 15.5. The Kier molecular flexibility index (Phi) is 8.91. The number of ether oxygens (including phenoxy) is 2. The zero-order valence-electron chi connectivity index (χ0n) is 14.1. The van der Waals surface area contributed by atoms with Crippen molar-refractivity contribution in [3.8, 4) is 11.5 Å². The summed E-state index contributed by atoms with van der Waals surface area (Å²) in [6.07, 6.45) is 3.43. The van der Waals surface area contributed by atoms with Crippen LogP contribution in [0.5, 0.6) is 11.5 Å². The summed E-state index contributed by atoms with van der Waals surface area (Å²) in [5, 5.41) is 3.44. The molecule has 1 rings (SSSR count). The standard InChI is InChI=1S/C18H31NO2/c1-5-12-19-13-16-10-9-11-17(20-8-4)18(16)21-14-15(6-2)7-3/h9-11,15,19H,5-8,12-14H2,1-4H3. The summed E-state index contributed by atoms with van der Waals surface area (Å²) in [6, 6.07) is 6.15. The first kappa shape index (κ1) is 17.8. The fourth-order valence-corrected chi connectivity index (χ4v) is 2.26. The summed E-state index contributed by atoms with van der Waals surface area (Å²) >= 11 is 0. The molecule has 1 aromatic rings. The van der Waals surface area contributed by atoms with Gasteiger partial charge in [0.2, 0.25) is 0 Å². The molecule has 0 fully saturated rings. The van der Waals surface area contributed by atoms with Crippen LogP contribution in [-0.2, 0) is 6.54 Å². The SMILES string of the molecule is CCCNCc1cccc(OCC)c1OCC(CC)CC. The molecule has 0 aliphatic carbocycles. The van der Waals surface area contributed by atoms with Crippen molar-refractivity contribution < 1.29 is 9.47 Å². The predicted molar refractivity (Wildman–Crippen MR) is 89.2 cm³/mol. The molecule has 0 aliphatic rings. The van der Waals surface area contributed by atoms with E-state index in [1.807, 2.05) is 19.1 Å². The van der Waals surface area contributed by atoms with Gasteiger partial charge in [0.05, 0.1) is 13.2 Å². The van der Waals surface area contributed by atoms with Gasteiger partial charge in [-0.3, -0.25) is 0 Å². The Balaban J connectivity index is 2.82. The molecule has 120 valence electrons. The lowest BCUT2D eigenvalue weighted by Crippen LogP contribution is -2.17. The van der Waals surface area contributed by atoms with Crippen molar-refractivity contribution in [2.75, 3.05) is 19.8 Å². The lowest BCUT2D eigenvalue weighted by molar-refractivity contribution is 0.223. The lowest BCUT2D eigenvalue weighted by atomic mass is 10.1. The normalized spacial score (nSPS) is 10.9. The van der Waals surface area contributed by atoms with Crippen LogP contribution in [0.3, 0.4) is 0 Å². The van der Waals surface area contributed by atoms with E-state index >= 15 is 0 Å².